The summed E-state index contributed by atoms with van der Waals surface area (Å²) < 4.78 is 2.12. The summed E-state index contributed by atoms with van der Waals surface area (Å²) >= 11 is 5.87. The molecule has 1 nitrogen and oxygen atoms in total. The summed E-state index contributed by atoms with van der Waals surface area (Å²) in [5.41, 5.74) is 2.12. The van der Waals surface area contributed by atoms with Crippen molar-refractivity contribution >= 4 is 41.2 Å². The Morgan fingerprint density at radius 2 is 1.59 bits per heavy atom. The molecule has 0 radical (unpaired) electrons. The second-order valence-electron chi connectivity index (χ2n) is 3.64. The first-order valence-electron chi connectivity index (χ1n) is 5.25. The van der Waals surface area contributed by atoms with E-state index in [4.69, 9.17) is 11.6 Å². The van der Waals surface area contributed by atoms with Crippen molar-refractivity contribution < 1.29 is 0 Å². The average Bonchev–Trinajstić information content (AvgIpc) is 2.39. The summed E-state index contributed by atoms with van der Waals surface area (Å²) in [5.74, 6) is 0. The van der Waals surface area contributed by atoms with E-state index >= 15 is 0 Å². The van der Waals surface area contributed by atoms with Gasteiger partial charge in [-0.15, -0.1) is 0 Å². The van der Waals surface area contributed by atoms with Gasteiger partial charge in [-0.1, -0.05) is 60.1 Å². The van der Waals surface area contributed by atoms with Crippen LogP contribution in [0.5, 0.6) is 0 Å². The molecule has 0 aliphatic carbocycles. The highest BCUT2D eigenvalue weighted by molar-refractivity contribution is 14.2. The van der Waals surface area contributed by atoms with Crippen LogP contribution in [-0.2, 0) is 0 Å². The van der Waals surface area contributed by atoms with Crippen LogP contribution in [0.15, 0.2) is 59.6 Å². The van der Waals surface area contributed by atoms with Gasteiger partial charge in [0.2, 0.25) is 0 Å². The zero-order valence-electron chi connectivity index (χ0n) is 8.90. The van der Waals surface area contributed by atoms with E-state index in [1.54, 1.807) is 0 Å². The first kappa shape index (κ1) is 11.1. The predicted molar refractivity (Wildman–Crippen MR) is 81.2 cm³/mol. The van der Waals surface area contributed by atoms with E-state index in [9.17, 15) is 0 Å². The molecule has 17 heavy (non-hydrogen) atoms. The van der Waals surface area contributed by atoms with Crippen molar-refractivity contribution in [1.29, 1.82) is 0 Å². The molecule has 2 aromatic carbocycles. The molecule has 84 valence electrons. The van der Waals surface area contributed by atoms with Gasteiger partial charge in [-0.25, -0.2) is 4.99 Å². The van der Waals surface area contributed by atoms with Crippen LogP contribution >= 0.6 is 32.3 Å². The van der Waals surface area contributed by atoms with Gasteiger partial charge in [0.25, 0.3) is 0 Å². The standard InChI is InChI=1S/C14H9ClIN/c15-14-16-12-9-5-4-8-11(12)13(17-14)10-6-2-1-3-7-10/h1-9H. The molecule has 0 amide bonds. The van der Waals surface area contributed by atoms with Crippen LogP contribution in [0, 0.1) is 3.15 Å². The SMILES string of the molecule is ClC1=NC(c2ccccc2)=c2ccccc2=I1. The van der Waals surface area contributed by atoms with Crippen molar-refractivity contribution in [1.82, 2.24) is 0 Å². The summed E-state index contributed by atoms with van der Waals surface area (Å²) in [6, 6.07) is 18.6. The van der Waals surface area contributed by atoms with E-state index in [-0.39, 0.29) is 20.7 Å². The maximum absolute atomic E-state index is 6.17. The Bertz CT molecular complexity index is 705. The van der Waals surface area contributed by atoms with Crippen molar-refractivity contribution in [2.75, 3.05) is 0 Å². The molecule has 3 rings (SSSR count). The van der Waals surface area contributed by atoms with Gasteiger partial charge in [0.15, 0.2) is 3.18 Å². The summed E-state index contributed by atoms with van der Waals surface area (Å²) in [5, 5.41) is 1.23. The highest BCUT2D eigenvalue weighted by Crippen LogP contribution is 2.22. The molecule has 0 atom stereocenters. The summed E-state index contributed by atoms with van der Waals surface area (Å²) in [6.45, 7) is 0. The normalized spacial score (nSPS) is 14.2. The number of hydrogen-bond acceptors (Lipinski definition) is 1. The van der Waals surface area contributed by atoms with E-state index in [0.29, 0.717) is 0 Å². The highest BCUT2D eigenvalue weighted by Gasteiger charge is 2.07. The van der Waals surface area contributed by atoms with Crippen LogP contribution in [0.3, 0.4) is 0 Å². The van der Waals surface area contributed by atoms with Gasteiger partial charge in [-0.2, -0.15) is 0 Å². The molecule has 0 N–H and O–H groups in total. The van der Waals surface area contributed by atoms with Crippen LogP contribution in [0.25, 0.3) is 5.70 Å². The lowest BCUT2D eigenvalue weighted by Crippen LogP contribution is -2.10. The molecule has 1 aliphatic rings. The molecule has 0 aromatic heterocycles. The van der Waals surface area contributed by atoms with E-state index in [0.717, 1.165) is 14.4 Å². The summed E-state index contributed by atoms with van der Waals surface area (Å²) in [4.78, 5) is 4.54. The fourth-order valence-corrected chi connectivity index (χ4v) is 4.36. The Labute approximate surface area is 114 Å². The molecular weight excluding hydrogens is 345 g/mol. The number of aliphatic imine (C=N–C) groups is 1. The average molecular weight is 354 g/mol. The first-order valence-corrected chi connectivity index (χ1v) is 7.79. The quantitative estimate of drug-likeness (QED) is 0.694. The van der Waals surface area contributed by atoms with E-state index < -0.39 is 0 Å². The van der Waals surface area contributed by atoms with Crippen molar-refractivity contribution in [2.45, 2.75) is 0 Å². The topological polar surface area (TPSA) is 12.4 Å². The molecule has 3 heteroatoms. The lowest BCUT2D eigenvalue weighted by atomic mass is 10.1. The fraction of sp³-hybridized carbons (Fsp3) is 0. The zero-order valence-corrected chi connectivity index (χ0v) is 11.8. The molecule has 0 unspecified atom stereocenters. The second kappa shape index (κ2) is 4.70. The Kier molecular flexibility index (Phi) is 3.07. The number of nitrogens with zero attached hydrogens (tertiary/aromatic N) is 1. The molecule has 0 fully saturated rings. The number of hydrogen-bond donors (Lipinski definition) is 0. The lowest BCUT2D eigenvalue weighted by Gasteiger charge is -2.06. The molecule has 2 aromatic rings. The van der Waals surface area contributed by atoms with Crippen molar-refractivity contribution in [3.63, 3.8) is 0 Å². The fourth-order valence-electron chi connectivity index (χ4n) is 1.80. The van der Waals surface area contributed by atoms with Crippen LogP contribution in [0.4, 0.5) is 0 Å². The zero-order chi connectivity index (χ0) is 11.7. The van der Waals surface area contributed by atoms with E-state index in [2.05, 4.69) is 41.4 Å². The third kappa shape index (κ3) is 2.19. The molecule has 0 saturated carbocycles. The second-order valence-corrected chi connectivity index (χ2v) is 7.36. The smallest absolute Gasteiger partial charge is 0.162 e. The van der Waals surface area contributed by atoms with Crippen molar-refractivity contribution in [3.8, 4) is 0 Å². The van der Waals surface area contributed by atoms with Crippen LogP contribution in [0.1, 0.15) is 5.56 Å². The first-order chi connectivity index (χ1) is 8.34. The third-order valence-corrected chi connectivity index (χ3v) is 5.32. The summed E-state index contributed by atoms with van der Waals surface area (Å²) in [6.07, 6.45) is 0. The van der Waals surface area contributed by atoms with Crippen LogP contribution < -0.4 is 5.22 Å². The van der Waals surface area contributed by atoms with Gasteiger partial charge in [0.1, 0.15) is 0 Å². The monoisotopic (exact) mass is 353 g/mol. The minimum absolute atomic E-state index is 0.292. The van der Waals surface area contributed by atoms with E-state index in [1.807, 2.05) is 18.2 Å². The Morgan fingerprint density at radius 3 is 2.41 bits per heavy atom. The molecule has 0 saturated heterocycles. The number of halogens is 2. The number of rotatable bonds is 1. The highest BCUT2D eigenvalue weighted by atomic mass is 127. The van der Waals surface area contributed by atoms with Crippen molar-refractivity contribution in [3.05, 3.63) is 68.5 Å². The lowest BCUT2D eigenvalue weighted by molar-refractivity contribution is 1.44. The minimum Gasteiger partial charge on any atom is -0.229 e. The third-order valence-electron chi connectivity index (χ3n) is 2.55. The van der Waals surface area contributed by atoms with Gasteiger partial charge in [-0.3, -0.25) is 0 Å². The Hall–Kier alpha value is -1.000. The van der Waals surface area contributed by atoms with Crippen LogP contribution in [0.2, 0.25) is 0 Å². The molecule has 0 bridgehead atoms. The largest absolute Gasteiger partial charge is 0.229 e. The Morgan fingerprint density at radius 1 is 0.882 bits per heavy atom. The molecule has 1 aliphatic heterocycles. The van der Waals surface area contributed by atoms with Gasteiger partial charge in [0.05, 0.1) is 5.70 Å². The summed E-state index contributed by atoms with van der Waals surface area (Å²) in [7, 11) is 0. The minimum atomic E-state index is -0.292. The maximum atomic E-state index is 6.17. The molecule has 0 spiro atoms. The van der Waals surface area contributed by atoms with Gasteiger partial charge in [0, 0.05) is 13.9 Å². The number of benzene rings is 2. The maximum Gasteiger partial charge on any atom is 0.162 e. The number of fused-ring (bicyclic) bond motifs is 1. The molecule has 1 heterocycles. The van der Waals surface area contributed by atoms with Crippen LogP contribution in [-0.4, -0.2) is 3.18 Å². The van der Waals surface area contributed by atoms with Gasteiger partial charge < -0.3 is 0 Å². The predicted octanol–water partition coefficient (Wildman–Crippen LogP) is 3.67. The van der Waals surface area contributed by atoms with Gasteiger partial charge in [-0.05, 0) is 26.8 Å². The van der Waals surface area contributed by atoms with Gasteiger partial charge >= 0.3 is 0 Å². The van der Waals surface area contributed by atoms with E-state index in [1.165, 1.54) is 8.37 Å². The van der Waals surface area contributed by atoms with Crippen molar-refractivity contribution in [2.24, 2.45) is 4.99 Å². The molecular formula is C14H9ClIN. The Balaban J connectivity index is 2.39.